The minimum Gasteiger partial charge on any atom is -0.299 e. The van der Waals surface area contributed by atoms with Crippen molar-refractivity contribution in [3.05, 3.63) is 35.9 Å². The molecule has 2 unspecified atom stereocenters. The molecule has 4 heteroatoms. The molecule has 0 aliphatic carbocycles. The molecule has 2 aliphatic heterocycles. The number of sulfone groups is 1. The van der Waals surface area contributed by atoms with Gasteiger partial charge in [0.15, 0.2) is 9.84 Å². The Bertz CT molecular complexity index is 586. The van der Waals surface area contributed by atoms with E-state index in [0.29, 0.717) is 19.3 Å². The summed E-state index contributed by atoms with van der Waals surface area (Å²) >= 11 is 0. The van der Waals surface area contributed by atoms with Crippen LogP contribution in [0.25, 0.3) is 0 Å². The molecule has 2 bridgehead atoms. The molecule has 114 valence electrons. The minimum atomic E-state index is -2.91. The average Bonchev–Trinajstić information content (AvgIpc) is 2.68. The van der Waals surface area contributed by atoms with Crippen molar-refractivity contribution in [1.29, 1.82) is 0 Å². The summed E-state index contributed by atoms with van der Waals surface area (Å²) in [5.74, 6) is 0.263. The van der Waals surface area contributed by atoms with Gasteiger partial charge in [0.2, 0.25) is 0 Å². The first-order valence-corrected chi connectivity index (χ1v) is 9.47. The number of Topliss-reactive ketones (excluding diaryl/α,β-unsaturated/α-hetero) is 1. The van der Waals surface area contributed by atoms with Crippen LogP contribution in [-0.4, -0.2) is 24.7 Å². The molecular weight excluding hydrogens is 284 g/mol. The van der Waals surface area contributed by atoms with Crippen LogP contribution in [0, 0.1) is 5.92 Å². The second-order valence-electron chi connectivity index (χ2n) is 6.38. The molecular formula is C17H22O3S. The number of rotatable bonds is 5. The lowest BCUT2D eigenvalue weighted by molar-refractivity contribution is -0.123. The second kappa shape index (κ2) is 5.91. The van der Waals surface area contributed by atoms with E-state index in [1.54, 1.807) is 0 Å². The second-order valence-corrected chi connectivity index (χ2v) is 8.90. The highest BCUT2D eigenvalue weighted by atomic mass is 32.2. The summed E-state index contributed by atoms with van der Waals surface area (Å²) in [6.45, 7) is 0. The molecule has 21 heavy (non-hydrogen) atoms. The van der Waals surface area contributed by atoms with Crippen LogP contribution in [0.3, 0.4) is 0 Å². The quantitative estimate of drug-likeness (QED) is 0.840. The Morgan fingerprint density at radius 3 is 2.29 bits per heavy atom. The lowest BCUT2D eigenvalue weighted by Crippen LogP contribution is -2.36. The van der Waals surface area contributed by atoms with Crippen LogP contribution in [-0.2, 0) is 21.1 Å². The van der Waals surface area contributed by atoms with E-state index in [9.17, 15) is 13.2 Å². The molecule has 0 saturated carbocycles. The Labute approximate surface area is 126 Å². The third kappa shape index (κ3) is 3.05. The zero-order valence-electron chi connectivity index (χ0n) is 12.2. The van der Waals surface area contributed by atoms with E-state index in [2.05, 4.69) is 12.1 Å². The Morgan fingerprint density at radius 1 is 1.05 bits per heavy atom. The molecule has 0 aromatic heterocycles. The molecule has 2 saturated heterocycles. The van der Waals surface area contributed by atoms with Gasteiger partial charge in [0.05, 0.1) is 10.5 Å². The molecule has 1 aromatic rings. The number of benzene rings is 1. The predicted octanol–water partition coefficient (Wildman–Crippen LogP) is 2.93. The summed E-state index contributed by atoms with van der Waals surface area (Å²) in [4.78, 5) is 12.3. The number of carbonyl (C=O) groups is 1. The number of hydrogen-bond donors (Lipinski definition) is 0. The first kappa shape index (κ1) is 14.8. The van der Waals surface area contributed by atoms with E-state index in [1.807, 2.05) is 18.2 Å². The number of aryl methyl sites for hydroxylation is 1. The first-order valence-electron chi connectivity index (χ1n) is 7.86. The van der Waals surface area contributed by atoms with Gasteiger partial charge in [0.25, 0.3) is 0 Å². The summed E-state index contributed by atoms with van der Waals surface area (Å²) < 4.78 is 24.1. The van der Waals surface area contributed by atoms with Gasteiger partial charge in [0, 0.05) is 12.3 Å². The Kier molecular flexibility index (Phi) is 4.16. The van der Waals surface area contributed by atoms with Crippen LogP contribution < -0.4 is 0 Å². The summed E-state index contributed by atoms with van der Waals surface area (Å²) in [7, 11) is -2.91. The van der Waals surface area contributed by atoms with Crippen LogP contribution in [0.2, 0.25) is 0 Å². The van der Waals surface area contributed by atoms with Crippen molar-refractivity contribution in [2.75, 3.05) is 0 Å². The van der Waals surface area contributed by atoms with Crippen molar-refractivity contribution in [3.63, 3.8) is 0 Å². The Balaban J connectivity index is 1.51. The van der Waals surface area contributed by atoms with Crippen molar-refractivity contribution < 1.29 is 13.2 Å². The Morgan fingerprint density at radius 2 is 1.67 bits per heavy atom. The van der Waals surface area contributed by atoms with Crippen LogP contribution in [0.5, 0.6) is 0 Å². The molecule has 0 amide bonds. The monoisotopic (exact) mass is 306 g/mol. The fourth-order valence-electron chi connectivity index (χ4n) is 3.79. The van der Waals surface area contributed by atoms with Gasteiger partial charge in [-0.05, 0) is 44.1 Å². The van der Waals surface area contributed by atoms with Crippen molar-refractivity contribution >= 4 is 15.6 Å². The maximum absolute atomic E-state index is 12.3. The van der Waals surface area contributed by atoms with Gasteiger partial charge in [-0.15, -0.1) is 0 Å². The number of carbonyl (C=O) groups excluding carboxylic acids is 1. The lowest BCUT2D eigenvalue weighted by atomic mass is 9.91. The molecule has 2 aliphatic rings. The van der Waals surface area contributed by atoms with E-state index in [0.717, 1.165) is 25.7 Å². The van der Waals surface area contributed by atoms with Crippen LogP contribution in [0.15, 0.2) is 30.3 Å². The molecule has 2 atom stereocenters. The SMILES string of the molecule is O=C(CCCc1ccccc1)C1CC2CCC(C1)S2(=O)=O. The molecule has 1 aromatic carbocycles. The highest BCUT2D eigenvalue weighted by molar-refractivity contribution is 7.93. The standard InChI is InChI=1S/C17H22O3S/c18-17(8-4-7-13-5-2-1-3-6-13)14-11-15-9-10-16(12-14)21(15,19)20/h1-3,5-6,14-16H,4,7-12H2. The van der Waals surface area contributed by atoms with Gasteiger partial charge in [0.1, 0.15) is 5.78 Å². The number of ketones is 1. The molecule has 0 radical (unpaired) electrons. The summed E-state index contributed by atoms with van der Waals surface area (Å²) in [6.07, 6.45) is 5.04. The van der Waals surface area contributed by atoms with Crippen LogP contribution >= 0.6 is 0 Å². The predicted molar refractivity (Wildman–Crippen MR) is 82.8 cm³/mol. The van der Waals surface area contributed by atoms with Crippen molar-refractivity contribution in [1.82, 2.24) is 0 Å². The zero-order chi connectivity index (χ0) is 14.9. The van der Waals surface area contributed by atoms with Gasteiger partial charge >= 0.3 is 0 Å². The summed E-state index contributed by atoms with van der Waals surface area (Å²) in [5, 5.41) is -0.473. The topological polar surface area (TPSA) is 51.2 Å². The van der Waals surface area contributed by atoms with E-state index < -0.39 is 9.84 Å². The van der Waals surface area contributed by atoms with Gasteiger partial charge < -0.3 is 0 Å². The highest BCUT2D eigenvalue weighted by Gasteiger charge is 2.48. The van der Waals surface area contributed by atoms with E-state index >= 15 is 0 Å². The number of fused-ring (bicyclic) bond motifs is 2. The molecule has 3 rings (SSSR count). The van der Waals surface area contributed by atoms with Crippen LogP contribution in [0.4, 0.5) is 0 Å². The van der Waals surface area contributed by atoms with Gasteiger partial charge in [-0.1, -0.05) is 30.3 Å². The molecule has 2 fully saturated rings. The molecule has 0 spiro atoms. The molecule has 0 N–H and O–H groups in total. The third-order valence-electron chi connectivity index (χ3n) is 5.02. The molecule has 3 nitrogen and oxygen atoms in total. The fraction of sp³-hybridized carbons (Fsp3) is 0.588. The highest BCUT2D eigenvalue weighted by Crippen LogP contribution is 2.41. The summed E-state index contributed by atoms with van der Waals surface area (Å²) in [6, 6.07) is 10.2. The maximum atomic E-state index is 12.3. The summed E-state index contributed by atoms with van der Waals surface area (Å²) in [5.41, 5.74) is 1.26. The Hall–Kier alpha value is -1.16. The largest absolute Gasteiger partial charge is 0.299 e. The normalized spacial score (nSPS) is 30.2. The molecule has 2 heterocycles. The van der Waals surface area contributed by atoms with Crippen molar-refractivity contribution in [2.24, 2.45) is 5.92 Å². The third-order valence-corrected chi connectivity index (χ3v) is 7.74. The van der Waals surface area contributed by atoms with E-state index in [1.165, 1.54) is 5.56 Å². The first-order chi connectivity index (χ1) is 10.1. The maximum Gasteiger partial charge on any atom is 0.156 e. The minimum absolute atomic E-state index is 0.0122. The van der Waals surface area contributed by atoms with E-state index in [4.69, 9.17) is 0 Å². The van der Waals surface area contributed by atoms with Crippen molar-refractivity contribution in [2.45, 2.75) is 55.4 Å². The smallest absolute Gasteiger partial charge is 0.156 e. The van der Waals surface area contributed by atoms with Crippen LogP contribution in [0.1, 0.15) is 44.1 Å². The zero-order valence-corrected chi connectivity index (χ0v) is 13.0. The average molecular weight is 306 g/mol. The van der Waals surface area contributed by atoms with E-state index in [-0.39, 0.29) is 22.2 Å². The fourth-order valence-corrected chi connectivity index (χ4v) is 6.26. The lowest BCUT2D eigenvalue weighted by Gasteiger charge is -2.26. The van der Waals surface area contributed by atoms with Crippen molar-refractivity contribution in [3.8, 4) is 0 Å². The van der Waals surface area contributed by atoms with Gasteiger partial charge in [-0.3, -0.25) is 4.79 Å². The van der Waals surface area contributed by atoms with Gasteiger partial charge in [-0.2, -0.15) is 0 Å². The number of hydrogen-bond acceptors (Lipinski definition) is 3. The van der Waals surface area contributed by atoms with Gasteiger partial charge in [-0.25, -0.2) is 8.42 Å².